The molecule has 0 aromatic heterocycles. The highest BCUT2D eigenvalue weighted by atomic mass is 14.9. The van der Waals surface area contributed by atoms with Gasteiger partial charge in [-0.2, -0.15) is 0 Å². The number of rotatable bonds is 2. The zero-order valence-corrected chi connectivity index (χ0v) is 5.72. The number of nitrogens with zero attached hydrogens (tertiary/aromatic N) is 1. The van der Waals surface area contributed by atoms with Crippen molar-refractivity contribution in [1.82, 2.24) is 5.32 Å². The Balaban J connectivity index is 2.38. The summed E-state index contributed by atoms with van der Waals surface area (Å²) in [6.07, 6.45) is 5.35. The summed E-state index contributed by atoms with van der Waals surface area (Å²) in [5.41, 5.74) is 1.17. The van der Waals surface area contributed by atoms with E-state index in [4.69, 9.17) is 0 Å². The van der Waals surface area contributed by atoms with Gasteiger partial charge in [0.2, 0.25) is 0 Å². The Hall–Kier alpha value is -0.630. The van der Waals surface area contributed by atoms with Gasteiger partial charge < -0.3 is 5.32 Å². The van der Waals surface area contributed by atoms with Gasteiger partial charge >= 0.3 is 0 Å². The first kappa shape index (κ1) is 6.49. The number of nitrogens with one attached hydrogen (secondary N) is 1. The fraction of sp³-hybridized carbons (Fsp3) is 0.571. The van der Waals surface area contributed by atoms with Crippen molar-refractivity contribution in [3.8, 4) is 0 Å². The Morgan fingerprint density at radius 2 is 2.67 bits per heavy atom. The van der Waals surface area contributed by atoms with Gasteiger partial charge in [-0.3, -0.25) is 4.99 Å². The molecule has 0 radical (unpaired) electrons. The van der Waals surface area contributed by atoms with E-state index < -0.39 is 0 Å². The second-order valence-electron chi connectivity index (χ2n) is 2.09. The maximum Gasteiger partial charge on any atom is 0.0483 e. The molecule has 1 aliphatic rings. The molecule has 2 nitrogen and oxygen atoms in total. The molecule has 1 aliphatic heterocycles. The van der Waals surface area contributed by atoms with Gasteiger partial charge in [-0.15, -0.1) is 0 Å². The second kappa shape index (κ2) is 3.41. The molecule has 0 aromatic carbocycles. The van der Waals surface area contributed by atoms with Crippen LogP contribution in [-0.4, -0.2) is 25.8 Å². The van der Waals surface area contributed by atoms with Crippen LogP contribution in [0.5, 0.6) is 0 Å². The van der Waals surface area contributed by atoms with Crippen LogP contribution in [0.3, 0.4) is 0 Å². The normalized spacial score (nSPS) is 17.7. The summed E-state index contributed by atoms with van der Waals surface area (Å²) >= 11 is 0. The first-order chi connectivity index (χ1) is 4.43. The van der Waals surface area contributed by atoms with Crippen molar-refractivity contribution in [2.24, 2.45) is 4.99 Å². The lowest BCUT2D eigenvalue weighted by Crippen LogP contribution is -2.18. The third-order valence-electron chi connectivity index (χ3n) is 1.28. The molecule has 0 bridgehead atoms. The lowest BCUT2D eigenvalue weighted by Gasteiger charge is -2.03. The maximum absolute atomic E-state index is 4.29. The Morgan fingerprint density at radius 3 is 3.22 bits per heavy atom. The van der Waals surface area contributed by atoms with Crippen molar-refractivity contribution in [1.29, 1.82) is 0 Å². The van der Waals surface area contributed by atoms with E-state index in [2.05, 4.69) is 22.5 Å². The van der Waals surface area contributed by atoms with E-state index in [0.717, 1.165) is 19.5 Å². The standard InChI is InChI=1S/C7H12N2/c1-8-6-7-4-2-3-5-9-7/h2,4,8H,3,5-6H2,1H3. The average Bonchev–Trinajstić information content (AvgIpc) is 1.91. The quantitative estimate of drug-likeness (QED) is 0.573. The molecular formula is C7H12N2. The van der Waals surface area contributed by atoms with Crippen molar-refractivity contribution < 1.29 is 0 Å². The van der Waals surface area contributed by atoms with E-state index in [0.29, 0.717) is 0 Å². The molecular weight excluding hydrogens is 112 g/mol. The first-order valence-corrected chi connectivity index (χ1v) is 3.28. The van der Waals surface area contributed by atoms with Crippen molar-refractivity contribution in [3.05, 3.63) is 12.2 Å². The van der Waals surface area contributed by atoms with Crippen molar-refractivity contribution in [3.63, 3.8) is 0 Å². The van der Waals surface area contributed by atoms with Gasteiger partial charge in [-0.1, -0.05) is 6.08 Å². The summed E-state index contributed by atoms with van der Waals surface area (Å²) in [4.78, 5) is 4.29. The lowest BCUT2D eigenvalue weighted by atomic mass is 10.2. The van der Waals surface area contributed by atoms with Crippen LogP contribution in [0, 0.1) is 0 Å². The van der Waals surface area contributed by atoms with Gasteiger partial charge in [0.25, 0.3) is 0 Å². The minimum Gasteiger partial charge on any atom is -0.314 e. The van der Waals surface area contributed by atoms with Crippen LogP contribution in [0.15, 0.2) is 17.1 Å². The second-order valence-corrected chi connectivity index (χ2v) is 2.09. The van der Waals surface area contributed by atoms with E-state index in [9.17, 15) is 0 Å². The molecule has 50 valence electrons. The summed E-state index contributed by atoms with van der Waals surface area (Å²) in [5, 5.41) is 3.06. The molecule has 0 aliphatic carbocycles. The van der Waals surface area contributed by atoms with Gasteiger partial charge in [0.05, 0.1) is 0 Å². The molecule has 1 N–H and O–H groups in total. The van der Waals surface area contributed by atoms with Crippen LogP contribution >= 0.6 is 0 Å². The zero-order valence-electron chi connectivity index (χ0n) is 5.72. The third-order valence-corrected chi connectivity index (χ3v) is 1.28. The van der Waals surface area contributed by atoms with Gasteiger partial charge in [0, 0.05) is 18.8 Å². The van der Waals surface area contributed by atoms with Crippen LogP contribution in [0.25, 0.3) is 0 Å². The zero-order chi connectivity index (χ0) is 6.53. The van der Waals surface area contributed by atoms with E-state index in [1.807, 2.05) is 7.05 Å². The molecule has 1 rings (SSSR count). The van der Waals surface area contributed by atoms with Crippen LogP contribution in [-0.2, 0) is 0 Å². The Labute approximate surface area is 55.7 Å². The van der Waals surface area contributed by atoms with Gasteiger partial charge in [0.15, 0.2) is 0 Å². The lowest BCUT2D eigenvalue weighted by molar-refractivity contribution is 0.918. The molecule has 2 heteroatoms. The minimum absolute atomic E-state index is 0.899. The molecule has 0 aromatic rings. The first-order valence-electron chi connectivity index (χ1n) is 3.28. The van der Waals surface area contributed by atoms with Crippen LogP contribution in [0.2, 0.25) is 0 Å². The number of dihydropyridines is 1. The molecule has 0 amide bonds. The monoisotopic (exact) mass is 124 g/mol. The van der Waals surface area contributed by atoms with Crippen molar-refractivity contribution in [2.45, 2.75) is 6.42 Å². The summed E-state index contributed by atoms with van der Waals surface area (Å²) in [5.74, 6) is 0. The predicted molar refractivity (Wildman–Crippen MR) is 40.0 cm³/mol. The highest BCUT2D eigenvalue weighted by Crippen LogP contribution is 1.94. The van der Waals surface area contributed by atoms with Crippen molar-refractivity contribution in [2.75, 3.05) is 20.1 Å². The molecule has 0 fully saturated rings. The number of hydrogen-bond acceptors (Lipinski definition) is 2. The molecule has 9 heavy (non-hydrogen) atoms. The smallest absolute Gasteiger partial charge is 0.0483 e. The predicted octanol–water partition coefficient (Wildman–Crippen LogP) is 0.607. The fourth-order valence-electron chi connectivity index (χ4n) is 0.851. The van der Waals surface area contributed by atoms with E-state index >= 15 is 0 Å². The highest BCUT2D eigenvalue weighted by Gasteiger charge is 1.94. The molecule has 0 spiro atoms. The average molecular weight is 124 g/mol. The van der Waals surface area contributed by atoms with Crippen LogP contribution in [0.1, 0.15) is 6.42 Å². The molecule has 0 atom stereocenters. The van der Waals surface area contributed by atoms with Crippen molar-refractivity contribution >= 4 is 5.71 Å². The van der Waals surface area contributed by atoms with E-state index in [1.54, 1.807) is 0 Å². The molecule has 0 unspecified atom stereocenters. The fourth-order valence-corrected chi connectivity index (χ4v) is 0.851. The SMILES string of the molecule is CNCC1=NCCC=C1. The number of hydrogen-bond donors (Lipinski definition) is 1. The molecule has 0 saturated carbocycles. The Morgan fingerprint density at radius 1 is 1.78 bits per heavy atom. The summed E-state index contributed by atoms with van der Waals surface area (Å²) in [6, 6.07) is 0. The van der Waals surface area contributed by atoms with Gasteiger partial charge in [0.1, 0.15) is 0 Å². The molecule has 1 heterocycles. The maximum atomic E-state index is 4.29. The number of aliphatic imine (C=N–C) groups is 1. The highest BCUT2D eigenvalue weighted by molar-refractivity contribution is 5.97. The van der Waals surface area contributed by atoms with Gasteiger partial charge in [-0.25, -0.2) is 0 Å². The van der Waals surface area contributed by atoms with E-state index in [-0.39, 0.29) is 0 Å². The summed E-state index contributed by atoms with van der Waals surface area (Å²) in [7, 11) is 1.94. The summed E-state index contributed by atoms with van der Waals surface area (Å²) in [6.45, 7) is 1.87. The topological polar surface area (TPSA) is 24.4 Å². The molecule has 0 saturated heterocycles. The van der Waals surface area contributed by atoms with Gasteiger partial charge in [-0.05, 0) is 19.5 Å². The van der Waals surface area contributed by atoms with Crippen LogP contribution in [0.4, 0.5) is 0 Å². The Kier molecular flexibility index (Phi) is 2.46. The minimum atomic E-state index is 0.899. The summed E-state index contributed by atoms with van der Waals surface area (Å²) < 4.78 is 0. The van der Waals surface area contributed by atoms with Crippen LogP contribution < -0.4 is 5.32 Å². The third kappa shape index (κ3) is 1.98. The van der Waals surface area contributed by atoms with E-state index in [1.165, 1.54) is 5.71 Å². The Bertz CT molecular complexity index is 136. The largest absolute Gasteiger partial charge is 0.314 e.